The van der Waals surface area contributed by atoms with Crippen molar-refractivity contribution in [3.05, 3.63) is 0 Å². The van der Waals surface area contributed by atoms with Crippen molar-refractivity contribution in [3.8, 4) is 37.0 Å². The van der Waals surface area contributed by atoms with Crippen LogP contribution in [0, 0.1) is 37.0 Å². The molecule has 0 aromatic rings. The van der Waals surface area contributed by atoms with Crippen LogP contribution in [0.3, 0.4) is 0 Å². The Morgan fingerprint density at radius 3 is 1.27 bits per heavy atom. The fourth-order valence-electron chi connectivity index (χ4n) is 0.555. The minimum absolute atomic E-state index is 0. The first-order chi connectivity index (χ1) is 4.85. The van der Waals surface area contributed by atoms with Gasteiger partial charge in [0.15, 0.2) is 0 Å². The molecule has 0 rings (SSSR count). The standard InChI is InChI=1S/C9H9N.CH4/c1-4-7-10(8-5-2)9-6-3;/h1-3H,7-9H2;1H4. The molecular weight excluding hydrogens is 134 g/mol. The molecule has 0 heterocycles. The summed E-state index contributed by atoms with van der Waals surface area (Å²) in [6, 6.07) is 0. The molecule has 0 aliphatic heterocycles. The molecule has 0 unspecified atom stereocenters. The maximum absolute atomic E-state index is 5.06. The van der Waals surface area contributed by atoms with E-state index >= 15 is 0 Å². The van der Waals surface area contributed by atoms with Gasteiger partial charge in [0.1, 0.15) is 0 Å². The van der Waals surface area contributed by atoms with Crippen LogP contribution in [0.25, 0.3) is 0 Å². The van der Waals surface area contributed by atoms with Crippen LogP contribution in [0.15, 0.2) is 0 Å². The van der Waals surface area contributed by atoms with E-state index in [0.29, 0.717) is 19.6 Å². The van der Waals surface area contributed by atoms with Gasteiger partial charge in [-0.05, 0) is 0 Å². The first-order valence-electron chi connectivity index (χ1n) is 2.88. The molecule has 0 atom stereocenters. The molecule has 0 aromatic heterocycles. The molecule has 58 valence electrons. The molecule has 0 amide bonds. The lowest BCUT2D eigenvalue weighted by molar-refractivity contribution is 0.390. The Morgan fingerprint density at radius 1 is 0.818 bits per heavy atom. The van der Waals surface area contributed by atoms with Gasteiger partial charge in [-0.2, -0.15) is 0 Å². The number of rotatable bonds is 3. The van der Waals surface area contributed by atoms with Crippen LogP contribution >= 0.6 is 0 Å². The Hall–Kier alpha value is -1.36. The van der Waals surface area contributed by atoms with Gasteiger partial charge in [0.2, 0.25) is 0 Å². The van der Waals surface area contributed by atoms with Crippen molar-refractivity contribution >= 4 is 0 Å². The summed E-state index contributed by atoms with van der Waals surface area (Å²) in [6.45, 7) is 1.57. The molecular formula is C10H13N. The number of terminal acetylenes is 3. The van der Waals surface area contributed by atoms with Crippen molar-refractivity contribution in [3.63, 3.8) is 0 Å². The highest BCUT2D eigenvalue weighted by molar-refractivity contribution is 4.99. The molecule has 0 N–H and O–H groups in total. The highest BCUT2D eigenvalue weighted by atomic mass is 15.1. The van der Waals surface area contributed by atoms with Crippen molar-refractivity contribution in [1.82, 2.24) is 4.90 Å². The Morgan fingerprint density at radius 2 is 1.09 bits per heavy atom. The van der Waals surface area contributed by atoms with E-state index < -0.39 is 0 Å². The third kappa shape index (κ3) is 6.53. The second kappa shape index (κ2) is 8.64. The Bertz CT molecular complexity index is 158. The normalized spacial score (nSPS) is 7.09. The second-order valence-electron chi connectivity index (χ2n) is 1.76. The SMILES string of the molecule is C.C#CCN(CC#C)CC#C. The van der Waals surface area contributed by atoms with E-state index in [-0.39, 0.29) is 7.43 Å². The van der Waals surface area contributed by atoms with Gasteiger partial charge in [-0.1, -0.05) is 25.2 Å². The summed E-state index contributed by atoms with van der Waals surface area (Å²) in [5.74, 6) is 7.42. The lowest BCUT2D eigenvalue weighted by Crippen LogP contribution is -2.24. The van der Waals surface area contributed by atoms with Crippen molar-refractivity contribution in [2.75, 3.05) is 19.6 Å². The van der Waals surface area contributed by atoms with Crippen molar-refractivity contribution < 1.29 is 0 Å². The minimum Gasteiger partial charge on any atom is -0.270 e. The topological polar surface area (TPSA) is 3.24 Å². The molecule has 0 aliphatic rings. The summed E-state index contributed by atoms with van der Waals surface area (Å²) in [7, 11) is 0. The van der Waals surface area contributed by atoms with Gasteiger partial charge < -0.3 is 0 Å². The lowest BCUT2D eigenvalue weighted by Gasteiger charge is -2.11. The third-order valence-corrected chi connectivity index (χ3v) is 0.945. The molecule has 0 saturated heterocycles. The summed E-state index contributed by atoms with van der Waals surface area (Å²) < 4.78 is 0. The largest absolute Gasteiger partial charge is 0.270 e. The van der Waals surface area contributed by atoms with E-state index in [1.54, 1.807) is 0 Å². The monoisotopic (exact) mass is 147 g/mol. The summed E-state index contributed by atoms with van der Waals surface area (Å²) in [5, 5.41) is 0. The van der Waals surface area contributed by atoms with Gasteiger partial charge in [-0.3, -0.25) is 4.90 Å². The fourth-order valence-corrected chi connectivity index (χ4v) is 0.555. The van der Waals surface area contributed by atoms with Gasteiger partial charge in [-0.15, -0.1) is 19.3 Å². The molecule has 1 heteroatoms. The first kappa shape index (κ1) is 12.3. The Kier molecular flexibility index (Phi) is 9.68. The van der Waals surface area contributed by atoms with Gasteiger partial charge in [0.05, 0.1) is 19.6 Å². The Labute approximate surface area is 69.8 Å². The van der Waals surface area contributed by atoms with Crippen LogP contribution in [0.5, 0.6) is 0 Å². The number of nitrogens with zero attached hydrogens (tertiary/aromatic N) is 1. The van der Waals surface area contributed by atoms with Crippen LogP contribution in [0.1, 0.15) is 7.43 Å². The van der Waals surface area contributed by atoms with Gasteiger partial charge in [0, 0.05) is 0 Å². The zero-order valence-electron chi connectivity index (χ0n) is 5.80. The smallest absolute Gasteiger partial charge is 0.0616 e. The fraction of sp³-hybridized carbons (Fsp3) is 0.400. The predicted octanol–water partition coefficient (Wildman–Crippen LogP) is 0.824. The quantitative estimate of drug-likeness (QED) is 0.534. The average Bonchev–Trinajstić information content (AvgIpc) is 1.90. The summed E-state index contributed by atoms with van der Waals surface area (Å²) >= 11 is 0. The number of hydrogen-bond acceptors (Lipinski definition) is 1. The van der Waals surface area contributed by atoms with Crippen molar-refractivity contribution in [1.29, 1.82) is 0 Å². The third-order valence-electron chi connectivity index (χ3n) is 0.945. The highest BCUT2D eigenvalue weighted by Gasteiger charge is 1.95. The van der Waals surface area contributed by atoms with Crippen LogP contribution in [-0.4, -0.2) is 24.5 Å². The molecule has 0 aliphatic carbocycles. The van der Waals surface area contributed by atoms with E-state index in [1.165, 1.54) is 0 Å². The van der Waals surface area contributed by atoms with Gasteiger partial charge >= 0.3 is 0 Å². The molecule has 0 fully saturated rings. The molecule has 0 bridgehead atoms. The zero-order chi connectivity index (χ0) is 7.82. The molecule has 0 saturated carbocycles. The van der Waals surface area contributed by atoms with Crippen LogP contribution in [0.2, 0.25) is 0 Å². The highest BCUT2D eigenvalue weighted by Crippen LogP contribution is 1.82. The van der Waals surface area contributed by atoms with Gasteiger partial charge in [-0.25, -0.2) is 0 Å². The summed E-state index contributed by atoms with van der Waals surface area (Å²) in [6.07, 6.45) is 15.2. The van der Waals surface area contributed by atoms with Gasteiger partial charge in [0.25, 0.3) is 0 Å². The van der Waals surface area contributed by atoms with Crippen molar-refractivity contribution in [2.45, 2.75) is 7.43 Å². The molecule has 0 aromatic carbocycles. The van der Waals surface area contributed by atoms with Crippen LogP contribution < -0.4 is 0 Å². The zero-order valence-corrected chi connectivity index (χ0v) is 5.80. The predicted molar refractivity (Wildman–Crippen MR) is 49.7 cm³/mol. The lowest BCUT2D eigenvalue weighted by atomic mass is 10.4. The molecule has 0 radical (unpaired) electrons. The average molecular weight is 147 g/mol. The van der Waals surface area contributed by atoms with E-state index in [1.807, 2.05) is 4.90 Å². The first-order valence-corrected chi connectivity index (χ1v) is 2.88. The number of hydrogen-bond donors (Lipinski definition) is 0. The van der Waals surface area contributed by atoms with Crippen molar-refractivity contribution in [2.24, 2.45) is 0 Å². The molecule has 1 nitrogen and oxygen atoms in total. The van der Waals surface area contributed by atoms with E-state index in [4.69, 9.17) is 19.3 Å². The maximum Gasteiger partial charge on any atom is 0.0616 e. The minimum atomic E-state index is 0. The summed E-state index contributed by atoms with van der Waals surface area (Å²) in [4.78, 5) is 1.83. The van der Waals surface area contributed by atoms with Crippen LogP contribution in [0.4, 0.5) is 0 Å². The molecule has 0 spiro atoms. The van der Waals surface area contributed by atoms with Crippen LogP contribution in [-0.2, 0) is 0 Å². The van der Waals surface area contributed by atoms with E-state index in [0.717, 1.165) is 0 Å². The summed E-state index contributed by atoms with van der Waals surface area (Å²) in [5.41, 5.74) is 0. The van der Waals surface area contributed by atoms with E-state index in [2.05, 4.69) is 17.8 Å². The second-order valence-corrected chi connectivity index (χ2v) is 1.76. The van der Waals surface area contributed by atoms with E-state index in [9.17, 15) is 0 Å². The molecule has 11 heavy (non-hydrogen) atoms. The maximum atomic E-state index is 5.06. The Balaban J connectivity index is 0.